The van der Waals surface area contributed by atoms with Crippen molar-refractivity contribution >= 4 is 62.6 Å². The van der Waals surface area contributed by atoms with Gasteiger partial charge in [-0.15, -0.1) is 0 Å². The Bertz CT molecular complexity index is 863. The molecule has 0 atom stereocenters. The second-order valence-corrected chi connectivity index (χ2v) is 7.14. The van der Waals surface area contributed by atoms with Crippen molar-refractivity contribution in [2.75, 3.05) is 11.5 Å². The number of anilines is 2. The Morgan fingerprint density at radius 1 is 0.962 bits per heavy atom. The topological polar surface area (TPSA) is 150 Å². The number of hydrogen-bond acceptors (Lipinski definition) is 8. The van der Waals surface area contributed by atoms with Gasteiger partial charge < -0.3 is 21.5 Å². The first-order valence-corrected chi connectivity index (χ1v) is 9.81. The molecule has 0 saturated heterocycles. The molecule has 4 rings (SSSR count). The third-order valence-corrected chi connectivity index (χ3v) is 4.96. The predicted octanol–water partition coefficient (Wildman–Crippen LogP) is 1.90. The van der Waals surface area contributed by atoms with Gasteiger partial charge in [0.05, 0.1) is 29.5 Å². The average molecular weight is 455 g/mol. The quantitative estimate of drug-likeness (QED) is 0.254. The third kappa shape index (κ3) is 6.00. The van der Waals surface area contributed by atoms with Crippen LogP contribution < -0.4 is 16.9 Å². The van der Waals surface area contributed by atoms with Gasteiger partial charge in [0.1, 0.15) is 4.60 Å². The molecule has 4 heterocycles. The fourth-order valence-electron chi connectivity index (χ4n) is 1.64. The summed E-state index contributed by atoms with van der Waals surface area (Å²) in [5.74, 6) is 0. The molecule has 0 aliphatic rings. The first-order valence-electron chi connectivity index (χ1n) is 7.13. The maximum atomic E-state index is 8.47. The summed E-state index contributed by atoms with van der Waals surface area (Å²) in [5, 5.41) is 37.4. The van der Waals surface area contributed by atoms with Crippen LogP contribution in [0, 0.1) is 0 Å². The molecule has 0 unspecified atom stereocenters. The number of aromatic amines is 2. The van der Waals surface area contributed by atoms with E-state index < -0.39 is 7.12 Å². The first kappa shape index (κ1) is 20.2. The molecule has 8 N–H and O–H groups in total. The maximum absolute atomic E-state index is 8.47. The van der Waals surface area contributed by atoms with Crippen molar-refractivity contribution in [2.45, 2.75) is 0 Å². The molecule has 4 aromatic rings. The van der Waals surface area contributed by atoms with Gasteiger partial charge in [0, 0.05) is 10.9 Å². The lowest BCUT2D eigenvalue weighted by molar-refractivity contribution is 0.426. The van der Waals surface area contributed by atoms with Gasteiger partial charge >= 0.3 is 7.12 Å². The number of thiophene rings is 2. The summed E-state index contributed by atoms with van der Waals surface area (Å²) >= 11 is 6.21. The number of nitrogens with zero attached hydrogens (tertiary/aromatic N) is 2. The zero-order valence-electron chi connectivity index (χ0n) is 13.3. The van der Waals surface area contributed by atoms with Crippen molar-refractivity contribution < 1.29 is 10.0 Å². The molecule has 0 radical (unpaired) electrons. The van der Waals surface area contributed by atoms with Crippen LogP contribution in [-0.2, 0) is 0 Å². The van der Waals surface area contributed by atoms with Crippen LogP contribution >= 0.6 is 38.6 Å². The molecule has 12 heteroatoms. The van der Waals surface area contributed by atoms with E-state index in [1.807, 2.05) is 16.8 Å². The number of nitrogens with one attached hydrogen (secondary N) is 2. The Morgan fingerprint density at radius 3 is 1.96 bits per heavy atom. The van der Waals surface area contributed by atoms with Crippen LogP contribution in [0.4, 0.5) is 11.4 Å². The second kappa shape index (κ2) is 10.1. The summed E-state index contributed by atoms with van der Waals surface area (Å²) in [5.41, 5.74) is 14.9. The van der Waals surface area contributed by atoms with Gasteiger partial charge in [0.25, 0.3) is 0 Å². The molecular weight excluding hydrogens is 439 g/mol. The molecule has 0 aliphatic carbocycles. The maximum Gasteiger partial charge on any atom is 0.489 e. The van der Waals surface area contributed by atoms with Crippen LogP contribution in [0.25, 0.3) is 11.3 Å². The highest BCUT2D eigenvalue weighted by molar-refractivity contribution is 9.10. The van der Waals surface area contributed by atoms with E-state index in [0.29, 0.717) is 16.8 Å². The van der Waals surface area contributed by atoms with Gasteiger partial charge in [-0.25, -0.2) is 0 Å². The second-order valence-electron chi connectivity index (χ2n) is 4.78. The number of hydrogen-bond donors (Lipinski definition) is 6. The standard InChI is InChI=1S/C7H7N3S.C4H5BO2S.C3H4BrN3/c8-6-3-9-10-7(6)5-1-2-11-4-5;6-5(7)4-1-2-8-3-4;4-3-2(5)1-6-7-3/h1-4H,8H2,(H,9,10);1-3,6-7H;1H,5H2,(H,6,7). The van der Waals surface area contributed by atoms with E-state index in [9.17, 15) is 0 Å². The summed E-state index contributed by atoms with van der Waals surface area (Å²) < 4.78 is 0.743. The molecule has 0 amide bonds. The largest absolute Gasteiger partial charge is 0.489 e. The van der Waals surface area contributed by atoms with Crippen LogP contribution in [0.5, 0.6) is 0 Å². The van der Waals surface area contributed by atoms with E-state index in [2.05, 4.69) is 36.3 Å². The van der Waals surface area contributed by atoms with Crippen molar-refractivity contribution in [3.8, 4) is 11.3 Å². The molecule has 0 spiro atoms. The van der Waals surface area contributed by atoms with Crippen molar-refractivity contribution in [1.82, 2.24) is 20.4 Å². The molecule has 0 aromatic carbocycles. The van der Waals surface area contributed by atoms with Crippen LogP contribution in [0.15, 0.2) is 50.6 Å². The van der Waals surface area contributed by atoms with E-state index >= 15 is 0 Å². The lowest BCUT2D eigenvalue weighted by atomic mass is 9.83. The minimum atomic E-state index is -1.30. The minimum Gasteiger partial charge on any atom is -0.423 e. The number of nitrogen functional groups attached to an aromatic ring is 2. The van der Waals surface area contributed by atoms with Crippen LogP contribution in [0.3, 0.4) is 0 Å². The number of rotatable bonds is 2. The fraction of sp³-hybridized carbons (Fsp3) is 0. The Morgan fingerprint density at radius 2 is 1.62 bits per heavy atom. The minimum absolute atomic E-state index is 0.565. The average Bonchev–Trinajstić information content (AvgIpc) is 3.38. The number of aromatic nitrogens is 4. The summed E-state index contributed by atoms with van der Waals surface area (Å²) in [6.45, 7) is 0. The number of nitrogens with two attached hydrogens (primary N) is 2. The van der Waals surface area contributed by atoms with E-state index in [4.69, 9.17) is 21.5 Å². The molecule has 4 aromatic heterocycles. The normalized spacial score (nSPS) is 9.65. The summed E-state index contributed by atoms with van der Waals surface area (Å²) in [6.07, 6.45) is 3.16. The van der Waals surface area contributed by atoms with Crippen molar-refractivity contribution in [1.29, 1.82) is 0 Å². The monoisotopic (exact) mass is 454 g/mol. The zero-order chi connectivity index (χ0) is 18.9. The van der Waals surface area contributed by atoms with E-state index in [0.717, 1.165) is 15.9 Å². The van der Waals surface area contributed by atoms with Crippen molar-refractivity contribution in [3.63, 3.8) is 0 Å². The fourth-order valence-corrected chi connectivity index (χ4v) is 3.16. The molecule has 8 nitrogen and oxygen atoms in total. The molecular formula is C14H16BBrN6O2S2. The summed E-state index contributed by atoms with van der Waals surface area (Å²) in [4.78, 5) is 0. The smallest absolute Gasteiger partial charge is 0.423 e. The highest BCUT2D eigenvalue weighted by atomic mass is 79.9. The predicted molar refractivity (Wildman–Crippen MR) is 111 cm³/mol. The van der Waals surface area contributed by atoms with Gasteiger partial charge in [0.2, 0.25) is 0 Å². The van der Waals surface area contributed by atoms with E-state index in [-0.39, 0.29) is 0 Å². The third-order valence-electron chi connectivity index (χ3n) is 2.94. The highest BCUT2D eigenvalue weighted by Gasteiger charge is 2.08. The molecule has 136 valence electrons. The van der Waals surface area contributed by atoms with Gasteiger partial charge in [-0.05, 0) is 43.6 Å². The SMILES string of the molecule is Nc1cn[nH]c1-c1ccsc1.Nc1cn[nH]c1Br.OB(O)c1ccsc1. The zero-order valence-corrected chi connectivity index (χ0v) is 16.6. The Hall–Kier alpha value is -2.12. The van der Waals surface area contributed by atoms with Crippen molar-refractivity contribution in [3.05, 3.63) is 50.6 Å². The summed E-state index contributed by atoms with van der Waals surface area (Å²) in [6, 6.07) is 3.68. The lowest BCUT2D eigenvalue weighted by Crippen LogP contribution is -2.27. The lowest BCUT2D eigenvalue weighted by Gasteiger charge is -1.91. The molecule has 0 aliphatic heterocycles. The van der Waals surface area contributed by atoms with Gasteiger partial charge in [0.15, 0.2) is 0 Å². The Labute approximate surface area is 166 Å². The Kier molecular flexibility index (Phi) is 7.87. The van der Waals surface area contributed by atoms with E-state index in [1.165, 1.54) is 11.3 Å². The molecule has 0 fully saturated rings. The highest BCUT2D eigenvalue weighted by Crippen LogP contribution is 2.24. The molecule has 0 bridgehead atoms. The summed E-state index contributed by atoms with van der Waals surface area (Å²) in [7, 11) is -1.30. The number of H-pyrrole nitrogens is 2. The van der Waals surface area contributed by atoms with E-state index in [1.54, 1.807) is 40.6 Å². The first-order chi connectivity index (χ1) is 12.5. The Balaban J connectivity index is 0.000000145. The van der Waals surface area contributed by atoms with Crippen molar-refractivity contribution in [2.24, 2.45) is 0 Å². The van der Waals surface area contributed by atoms with Gasteiger partial charge in [-0.2, -0.15) is 32.9 Å². The van der Waals surface area contributed by atoms with Gasteiger partial charge in [-0.3, -0.25) is 10.2 Å². The van der Waals surface area contributed by atoms with Gasteiger partial charge in [-0.1, -0.05) is 6.07 Å². The number of halogens is 1. The van der Waals surface area contributed by atoms with Crippen LogP contribution in [0.2, 0.25) is 0 Å². The molecule has 26 heavy (non-hydrogen) atoms. The van der Waals surface area contributed by atoms with Crippen LogP contribution in [0.1, 0.15) is 0 Å². The van der Waals surface area contributed by atoms with Crippen LogP contribution in [-0.4, -0.2) is 37.6 Å². The molecule has 0 saturated carbocycles.